The summed E-state index contributed by atoms with van der Waals surface area (Å²) in [6, 6.07) is 0.911. The van der Waals surface area contributed by atoms with Crippen LogP contribution in [0.15, 0.2) is 17.1 Å². The first-order valence-corrected chi connectivity index (χ1v) is 5.63. The first-order valence-electron chi connectivity index (χ1n) is 5.63. The van der Waals surface area contributed by atoms with Gasteiger partial charge in [0.2, 0.25) is 5.43 Å². The Kier molecular flexibility index (Phi) is 3.09. The Hall–Kier alpha value is -2.24. The van der Waals surface area contributed by atoms with Crippen molar-refractivity contribution in [3.8, 4) is 0 Å². The van der Waals surface area contributed by atoms with Crippen molar-refractivity contribution in [2.75, 3.05) is 0 Å². The summed E-state index contributed by atoms with van der Waals surface area (Å²) < 4.78 is 28.4. The van der Waals surface area contributed by atoms with Crippen molar-refractivity contribution in [2.45, 2.75) is 20.4 Å². The van der Waals surface area contributed by atoms with Gasteiger partial charge in [0.25, 0.3) is 0 Å². The fourth-order valence-electron chi connectivity index (χ4n) is 2.08. The van der Waals surface area contributed by atoms with Gasteiger partial charge in [-0.25, -0.2) is 13.6 Å². The van der Waals surface area contributed by atoms with E-state index < -0.39 is 28.6 Å². The van der Waals surface area contributed by atoms with E-state index >= 15 is 0 Å². The molecule has 19 heavy (non-hydrogen) atoms. The zero-order valence-corrected chi connectivity index (χ0v) is 10.3. The van der Waals surface area contributed by atoms with E-state index in [1.54, 1.807) is 6.92 Å². The van der Waals surface area contributed by atoms with Gasteiger partial charge in [0.05, 0.1) is 10.9 Å². The molecule has 0 saturated carbocycles. The van der Waals surface area contributed by atoms with Crippen LogP contribution in [0.25, 0.3) is 10.9 Å². The monoisotopic (exact) mass is 267 g/mol. The molecule has 0 spiro atoms. The van der Waals surface area contributed by atoms with E-state index in [1.807, 2.05) is 0 Å². The fourth-order valence-corrected chi connectivity index (χ4v) is 2.08. The topological polar surface area (TPSA) is 59.3 Å². The van der Waals surface area contributed by atoms with Gasteiger partial charge in [-0.05, 0) is 13.8 Å². The van der Waals surface area contributed by atoms with E-state index in [0.29, 0.717) is 6.54 Å². The molecule has 0 atom stereocenters. The van der Waals surface area contributed by atoms with Gasteiger partial charge in [-0.3, -0.25) is 4.79 Å². The molecule has 0 radical (unpaired) electrons. The van der Waals surface area contributed by atoms with Gasteiger partial charge in [-0.15, -0.1) is 0 Å². The van der Waals surface area contributed by atoms with Gasteiger partial charge in [-0.2, -0.15) is 0 Å². The van der Waals surface area contributed by atoms with Crippen molar-refractivity contribution in [1.29, 1.82) is 0 Å². The van der Waals surface area contributed by atoms with Crippen LogP contribution >= 0.6 is 0 Å². The minimum absolute atomic E-state index is 0.0966. The predicted molar refractivity (Wildman–Crippen MR) is 65.5 cm³/mol. The van der Waals surface area contributed by atoms with Crippen molar-refractivity contribution in [1.82, 2.24) is 4.57 Å². The number of hydrogen-bond donors (Lipinski definition) is 1. The zero-order chi connectivity index (χ0) is 14.3. The molecule has 0 aliphatic carbocycles. The summed E-state index contributed by atoms with van der Waals surface area (Å²) in [6.07, 6.45) is 1.14. The second-order valence-electron chi connectivity index (χ2n) is 4.15. The number of carbonyl (C=O) groups is 1. The van der Waals surface area contributed by atoms with E-state index in [9.17, 15) is 18.4 Å². The summed E-state index contributed by atoms with van der Waals surface area (Å²) in [6.45, 7) is 3.31. The van der Waals surface area contributed by atoms with E-state index in [-0.39, 0.29) is 16.5 Å². The van der Waals surface area contributed by atoms with Gasteiger partial charge in [0.15, 0.2) is 11.6 Å². The number of rotatable bonds is 2. The molecule has 2 rings (SSSR count). The molecule has 1 N–H and O–H groups in total. The van der Waals surface area contributed by atoms with E-state index in [4.69, 9.17) is 5.11 Å². The van der Waals surface area contributed by atoms with E-state index in [2.05, 4.69) is 0 Å². The maximum atomic E-state index is 13.5. The van der Waals surface area contributed by atoms with Crippen molar-refractivity contribution in [2.24, 2.45) is 0 Å². The molecule has 1 heterocycles. The number of aromatic nitrogens is 1. The number of fused-ring (bicyclic) bond motifs is 1. The minimum atomic E-state index is -1.39. The smallest absolute Gasteiger partial charge is 0.341 e. The second-order valence-corrected chi connectivity index (χ2v) is 4.15. The normalized spacial score (nSPS) is 10.9. The number of hydrogen-bond acceptors (Lipinski definition) is 2. The standard InChI is InChI=1S/C13H11F2NO3/c1-3-16-5-7(13(18)19)12(17)10-6(2)11(15)8(14)4-9(10)16/h4-5H,3H2,1-2H3,(H,18,19). The lowest BCUT2D eigenvalue weighted by Crippen LogP contribution is -2.20. The Morgan fingerprint density at radius 1 is 1.42 bits per heavy atom. The summed E-state index contributed by atoms with van der Waals surface area (Å²) >= 11 is 0. The van der Waals surface area contributed by atoms with Crippen LogP contribution in [0.4, 0.5) is 8.78 Å². The lowest BCUT2D eigenvalue weighted by atomic mass is 10.1. The molecule has 0 fully saturated rings. The predicted octanol–water partition coefficient (Wildman–Crippen LogP) is 2.31. The number of carboxylic acids is 1. The highest BCUT2D eigenvalue weighted by atomic mass is 19.2. The number of carboxylic acid groups (broad SMARTS) is 1. The Labute approximate surface area is 106 Å². The minimum Gasteiger partial charge on any atom is -0.477 e. The van der Waals surface area contributed by atoms with Crippen LogP contribution in [0.5, 0.6) is 0 Å². The molecule has 1 aromatic heterocycles. The van der Waals surface area contributed by atoms with Crippen LogP contribution < -0.4 is 5.43 Å². The van der Waals surface area contributed by atoms with E-state index in [0.717, 1.165) is 12.3 Å². The fraction of sp³-hybridized carbons (Fsp3) is 0.231. The molecule has 0 aliphatic rings. The largest absolute Gasteiger partial charge is 0.477 e. The Balaban J connectivity index is 3.09. The molecule has 0 saturated heterocycles. The van der Waals surface area contributed by atoms with Gasteiger partial charge in [0, 0.05) is 24.4 Å². The molecular formula is C13H11F2NO3. The zero-order valence-electron chi connectivity index (χ0n) is 10.3. The molecule has 0 unspecified atom stereocenters. The van der Waals surface area contributed by atoms with Crippen LogP contribution in [0, 0.1) is 18.6 Å². The van der Waals surface area contributed by atoms with Crippen LogP contribution in [0.3, 0.4) is 0 Å². The highest BCUT2D eigenvalue weighted by molar-refractivity contribution is 5.93. The summed E-state index contributed by atoms with van der Waals surface area (Å²) in [7, 11) is 0. The first-order chi connectivity index (χ1) is 8.88. The molecule has 0 amide bonds. The number of pyridine rings is 1. The average Bonchev–Trinajstić information content (AvgIpc) is 2.35. The van der Waals surface area contributed by atoms with Crippen molar-refractivity contribution in [3.05, 3.63) is 45.2 Å². The molecule has 6 heteroatoms. The van der Waals surface area contributed by atoms with Crippen LogP contribution in [-0.4, -0.2) is 15.6 Å². The molecule has 1 aromatic carbocycles. The number of benzene rings is 1. The number of halogens is 2. The van der Waals surface area contributed by atoms with Crippen LogP contribution in [0.1, 0.15) is 22.8 Å². The maximum Gasteiger partial charge on any atom is 0.341 e. The summed E-state index contributed by atoms with van der Waals surface area (Å²) in [4.78, 5) is 23.1. The van der Waals surface area contributed by atoms with Gasteiger partial charge < -0.3 is 9.67 Å². The summed E-state index contributed by atoms with van der Waals surface area (Å²) in [5, 5.41) is 8.88. The van der Waals surface area contributed by atoms with Crippen molar-refractivity contribution < 1.29 is 18.7 Å². The van der Waals surface area contributed by atoms with Crippen LogP contribution in [-0.2, 0) is 6.54 Å². The van der Waals surface area contributed by atoms with Gasteiger partial charge in [0.1, 0.15) is 5.56 Å². The Bertz CT molecular complexity index is 750. The highest BCUT2D eigenvalue weighted by Gasteiger charge is 2.19. The lowest BCUT2D eigenvalue weighted by molar-refractivity contribution is 0.0695. The Morgan fingerprint density at radius 3 is 2.58 bits per heavy atom. The molecule has 100 valence electrons. The maximum absolute atomic E-state index is 13.5. The highest BCUT2D eigenvalue weighted by Crippen LogP contribution is 2.22. The molecule has 0 aliphatic heterocycles. The third kappa shape index (κ3) is 1.89. The third-order valence-electron chi connectivity index (χ3n) is 3.07. The van der Waals surface area contributed by atoms with Gasteiger partial charge >= 0.3 is 5.97 Å². The van der Waals surface area contributed by atoms with Crippen molar-refractivity contribution in [3.63, 3.8) is 0 Å². The SMILES string of the molecule is CCn1cc(C(=O)O)c(=O)c2c(C)c(F)c(F)cc21. The molecule has 2 aromatic rings. The average molecular weight is 267 g/mol. The van der Waals surface area contributed by atoms with Crippen molar-refractivity contribution >= 4 is 16.9 Å². The molecular weight excluding hydrogens is 256 g/mol. The summed E-state index contributed by atoms with van der Waals surface area (Å²) in [5.41, 5.74) is -1.24. The molecule has 0 bridgehead atoms. The number of aryl methyl sites for hydroxylation is 2. The number of nitrogens with zero attached hydrogens (tertiary/aromatic N) is 1. The summed E-state index contributed by atoms with van der Waals surface area (Å²) in [5.74, 6) is -3.58. The number of aromatic carboxylic acids is 1. The quantitative estimate of drug-likeness (QED) is 0.908. The first kappa shape index (κ1) is 13.2. The van der Waals surface area contributed by atoms with Gasteiger partial charge in [-0.1, -0.05) is 0 Å². The lowest BCUT2D eigenvalue weighted by Gasteiger charge is -2.12. The van der Waals surface area contributed by atoms with Crippen LogP contribution in [0.2, 0.25) is 0 Å². The second kappa shape index (κ2) is 4.46. The third-order valence-corrected chi connectivity index (χ3v) is 3.07. The van der Waals surface area contributed by atoms with E-state index in [1.165, 1.54) is 11.5 Å². The Morgan fingerprint density at radius 2 is 2.05 bits per heavy atom. The molecule has 4 nitrogen and oxygen atoms in total.